The Kier molecular flexibility index (Phi) is 1.88. The Morgan fingerprint density at radius 3 is 3.08 bits per heavy atom. The van der Waals surface area contributed by atoms with Gasteiger partial charge in [-0.3, -0.25) is 0 Å². The predicted molar refractivity (Wildman–Crippen MR) is 52.4 cm³/mol. The number of carbonyl (C=O) groups is 1. The summed E-state index contributed by atoms with van der Waals surface area (Å²) in [6.45, 7) is 0. The molecule has 1 N–H and O–H groups in total. The molecule has 0 fully saturated rings. The van der Waals surface area contributed by atoms with Gasteiger partial charge < -0.3 is 5.11 Å². The maximum atomic E-state index is 10.5. The molecule has 0 saturated carbocycles. The molecule has 0 radical (unpaired) electrons. The van der Waals surface area contributed by atoms with Crippen LogP contribution in [0.1, 0.15) is 0 Å². The Labute approximate surface area is 82.5 Å². The van der Waals surface area contributed by atoms with E-state index in [1.54, 1.807) is 12.2 Å². The summed E-state index contributed by atoms with van der Waals surface area (Å²) in [5.41, 5.74) is 0.673. The molecule has 2 aliphatic rings. The van der Waals surface area contributed by atoms with Crippen LogP contribution in [0.5, 0.6) is 0 Å². The van der Waals surface area contributed by atoms with Crippen molar-refractivity contribution in [3.8, 4) is 0 Å². The molecule has 1 atom stereocenters. The second-order valence-electron chi connectivity index (χ2n) is 2.63. The van der Waals surface area contributed by atoms with E-state index in [4.69, 9.17) is 5.11 Å². The summed E-state index contributed by atoms with van der Waals surface area (Å²) in [5, 5.41) is 8.63. The van der Waals surface area contributed by atoms with Gasteiger partial charge in [-0.25, -0.2) is 14.8 Å². The molecule has 1 aliphatic carbocycles. The zero-order valence-corrected chi connectivity index (χ0v) is 8.02. The van der Waals surface area contributed by atoms with Crippen LogP contribution in [0.4, 0.5) is 0 Å². The largest absolute Gasteiger partial charge is 0.475 e. The van der Waals surface area contributed by atoms with E-state index in [0.29, 0.717) is 5.71 Å². The van der Waals surface area contributed by atoms with Gasteiger partial charge >= 0.3 is 5.97 Å². The van der Waals surface area contributed by atoms with Crippen LogP contribution in [0.2, 0.25) is 0 Å². The second-order valence-corrected chi connectivity index (χ2v) is 3.54. The molecule has 0 spiro atoms. The normalized spacial score (nSPS) is 24.7. The Morgan fingerprint density at radius 1 is 1.62 bits per heavy atom. The van der Waals surface area contributed by atoms with E-state index in [9.17, 15) is 4.79 Å². The number of allylic oxidation sites excluding steroid dienone is 2. The van der Waals surface area contributed by atoms with E-state index in [1.807, 2.05) is 6.08 Å². The topological polar surface area (TPSA) is 62.0 Å². The number of hydrogen-bond acceptors (Lipinski definition) is 3. The van der Waals surface area contributed by atoms with Crippen LogP contribution in [0.15, 0.2) is 32.7 Å². The highest BCUT2D eigenvalue weighted by molar-refractivity contribution is 9.11. The second kappa shape index (κ2) is 2.92. The van der Waals surface area contributed by atoms with Crippen molar-refractivity contribution in [3.63, 3.8) is 0 Å². The van der Waals surface area contributed by atoms with Gasteiger partial charge in [0.15, 0.2) is 0 Å². The van der Waals surface area contributed by atoms with Crippen LogP contribution in [0.25, 0.3) is 0 Å². The number of carboxylic acids is 1. The summed E-state index contributed by atoms with van der Waals surface area (Å²) in [7, 11) is 0. The van der Waals surface area contributed by atoms with Crippen molar-refractivity contribution >= 4 is 33.4 Å². The van der Waals surface area contributed by atoms with Crippen molar-refractivity contribution in [1.29, 1.82) is 0 Å². The summed E-state index contributed by atoms with van der Waals surface area (Å²) in [6, 6.07) is -0.215. The number of nitrogens with zero attached hydrogens (tertiary/aromatic N) is 2. The maximum absolute atomic E-state index is 10.5. The van der Waals surface area contributed by atoms with Gasteiger partial charge in [-0.05, 0) is 12.2 Å². The van der Waals surface area contributed by atoms with Gasteiger partial charge in [-0.1, -0.05) is 22.0 Å². The van der Waals surface area contributed by atoms with Crippen molar-refractivity contribution in [1.82, 2.24) is 0 Å². The fourth-order valence-electron chi connectivity index (χ4n) is 1.15. The van der Waals surface area contributed by atoms with Crippen LogP contribution in [-0.2, 0) is 4.79 Å². The van der Waals surface area contributed by atoms with Crippen molar-refractivity contribution < 1.29 is 9.90 Å². The number of fused-ring (bicyclic) bond motifs is 1. The lowest BCUT2D eigenvalue weighted by molar-refractivity contribution is -0.129. The minimum Gasteiger partial charge on any atom is -0.475 e. The third kappa shape index (κ3) is 1.47. The van der Waals surface area contributed by atoms with Gasteiger partial charge in [0.25, 0.3) is 0 Å². The predicted octanol–water partition coefficient (Wildman–Crippen LogP) is 1.14. The average Bonchev–Trinajstić information content (AvgIpc) is 2.46. The van der Waals surface area contributed by atoms with E-state index >= 15 is 0 Å². The van der Waals surface area contributed by atoms with Crippen molar-refractivity contribution in [2.75, 3.05) is 0 Å². The molecule has 0 aromatic rings. The maximum Gasteiger partial charge on any atom is 0.373 e. The average molecular weight is 241 g/mol. The highest BCUT2D eigenvalue weighted by Crippen LogP contribution is 2.19. The van der Waals surface area contributed by atoms with Crippen LogP contribution in [-0.4, -0.2) is 28.7 Å². The summed E-state index contributed by atoms with van der Waals surface area (Å²) < 4.78 is 0.879. The number of hydrogen-bond donors (Lipinski definition) is 1. The minimum absolute atomic E-state index is 0.122. The first-order valence-corrected chi connectivity index (χ1v) is 4.41. The molecule has 5 heteroatoms. The first-order chi connectivity index (χ1) is 6.16. The van der Waals surface area contributed by atoms with Gasteiger partial charge in [-0.2, -0.15) is 0 Å². The number of aliphatic imine (C=N–C) groups is 2. The molecule has 0 aromatic carbocycles. The fraction of sp³-hybridized carbons (Fsp3) is 0.125. The molecule has 66 valence electrons. The Morgan fingerprint density at radius 2 is 2.38 bits per heavy atom. The fourth-order valence-corrected chi connectivity index (χ4v) is 1.54. The first kappa shape index (κ1) is 8.37. The third-order valence-corrected chi connectivity index (χ3v) is 2.21. The zero-order valence-electron chi connectivity index (χ0n) is 6.44. The van der Waals surface area contributed by atoms with E-state index in [1.165, 1.54) is 0 Å². The van der Waals surface area contributed by atoms with Crippen LogP contribution in [0.3, 0.4) is 0 Å². The van der Waals surface area contributed by atoms with Crippen LogP contribution >= 0.6 is 15.9 Å². The smallest absolute Gasteiger partial charge is 0.373 e. The molecule has 2 rings (SSSR count). The molecule has 0 amide bonds. The standard InChI is InChI=1S/C8H5BrN2O2/c9-4-1-2-5-6(3-4)11-7(10-5)8(12)13/h1-3,5H,(H,12,13)/t5-/m0/s1. The Bertz CT molecular complexity index is 393. The lowest BCUT2D eigenvalue weighted by atomic mass is 10.1. The minimum atomic E-state index is -1.08. The van der Waals surface area contributed by atoms with Crippen molar-refractivity contribution in [2.45, 2.75) is 6.04 Å². The monoisotopic (exact) mass is 240 g/mol. The molecule has 0 aromatic heterocycles. The van der Waals surface area contributed by atoms with Gasteiger partial charge in [0.2, 0.25) is 5.84 Å². The van der Waals surface area contributed by atoms with Gasteiger partial charge in [0.1, 0.15) is 6.04 Å². The van der Waals surface area contributed by atoms with Crippen LogP contribution < -0.4 is 0 Å². The number of aliphatic carboxylic acids is 1. The number of halogens is 1. The molecule has 1 heterocycles. The van der Waals surface area contributed by atoms with E-state index in [2.05, 4.69) is 25.9 Å². The molecule has 0 bridgehead atoms. The van der Waals surface area contributed by atoms with E-state index in [-0.39, 0.29) is 11.9 Å². The highest BCUT2D eigenvalue weighted by atomic mass is 79.9. The third-order valence-electron chi connectivity index (χ3n) is 1.71. The molecule has 0 unspecified atom stereocenters. The number of amidine groups is 1. The SMILES string of the molecule is O=C(O)C1=N[C@H]2C=CC(Br)=CC2=N1. The molecule has 4 nitrogen and oxygen atoms in total. The Hall–Kier alpha value is -1.23. The summed E-state index contributed by atoms with van der Waals surface area (Å²) in [5.74, 6) is -1.21. The molecule has 1 aliphatic heterocycles. The van der Waals surface area contributed by atoms with E-state index in [0.717, 1.165) is 4.48 Å². The quantitative estimate of drug-likeness (QED) is 0.748. The Balaban J connectivity index is 2.36. The van der Waals surface area contributed by atoms with Crippen molar-refractivity contribution in [2.24, 2.45) is 9.98 Å². The molecular weight excluding hydrogens is 236 g/mol. The first-order valence-electron chi connectivity index (χ1n) is 3.62. The lowest BCUT2D eigenvalue weighted by Gasteiger charge is -2.05. The molecule has 0 saturated heterocycles. The highest BCUT2D eigenvalue weighted by Gasteiger charge is 2.24. The summed E-state index contributed by atoms with van der Waals surface area (Å²) >= 11 is 3.28. The number of rotatable bonds is 1. The van der Waals surface area contributed by atoms with Gasteiger partial charge in [0, 0.05) is 4.48 Å². The van der Waals surface area contributed by atoms with Gasteiger partial charge in [-0.15, -0.1) is 0 Å². The summed E-state index contributed by atoms with van der Waals surface area (Å²) in [6.07, 6.45) is 5.40. The van der Waals surface area contributed by atoms with Gasteiger partial charge in [0.05, 0.1) is 5.71 Å². The zero-order chi connectivity index (χ0) is 9.42. The lowest BCUT2D eigenvalue weighted by Crippen LogP contribution is -2.12. The molecular formula is C8H5BrN2O2. The summed E-state index contributed by atoms with van der Waals surface area (Å²) in [4.78, 5) is 18.3. The number of carboxylic acid groups (broad SMARTS) is 1. The van der Waals surface area contributed by atoms with Crippen LogP contribution in [0, 0.1) is 0 Å². The molecule has 13 heavy (non-hydrogen) atoms. The van der Waals surface area contributed by atoms with E-state index < -0.39 is 5.97 Å². The van der Waals surface area contributed by atoms with Crippen molar-refractivity contribution in [3.05, 3.63) is 22.7 Å².